The number of amides is 1. The van der Waals surface area contributed by atoms with Gasteiger partial charge in [-0.1, -0.05) is 5.92 Å². The van der Waals surface area contributed by atoms with Crippen LogP contribution in [0.3, 0.4) is 0 Å². The molecule has 1 amide bonds. The molecular formula is C13H17ClN4O8. The van der Waals surface area contributed by atoms with E-state index in [2.05, 4.69) is 21.9 Å². The molecule has 2 rings (SSSR count). The summed E-state index contributed by atoms with van der Waals surface area (Å²) in [7, 11) is 0. The van der Waals surface area contributed by atoms with Crippen molar-refractivity contribution in [2.24, 2.45) is 5.73 Å². The van der Waals surface area contributed by atoms with E-state index in [1.807, 2.05) is 0 Å². The van der Waals surface area contributed by atoms with E-state index in [0.29, 0.717) is 23.4 Å². The third-order valence-electron chi connectivity index (χ3n) is 3.54. The van der Waals surface area contributed by atoms with Gasteiger partial charge >= 0.3 is 0 Å². The smallest absolute Gasteiger partial charge is 0.286 e. The number of carbonyl (C=O) groups excluding carboxylic acids is 1. The Hall–Kier alpha value is -1.82. The lowest BCUT2D eigenvalue weighted by molar-refractivity contribution is -0.363. The molecule has 0 aliphatic carbocycles. The van der Waals surface area contributed by atoms with Crippen molar-refractivity contribution in [2.75, 3.05) is 5.88 Å². The third kappa shape index (κ3) is 3.52. The van der Waals surface area contributed by atoms with E-state index < -0.39 is 41.9 Å². The summed E-state index contributed by atoms with van der Waals surface area (Å²) in [4.78, 5) is 15.3. The molecule has 1 aromatic heterocycles. The Morgan fingerprint density at radius 3 is 2.50 bits per heavy atom. The summed E-state index contributed by atoms with van der Waals surface area (Å²) in [5.74, 6) is -3.48. The van der Waals surface area contributed by atoms with Gasteiger partial charge in [0.2, 0.25) is 17.9 Å². The van der Waals surface area contributed by atoms with Crippen LogP contribution < -0.4 is 5.73 Å². The summed E-state index contributed by atoms with van der Waals surface area (Å²) in [6.07, 6.45) is -5.91. The summed E-state index contributed by atoms with van der Waals surface area (Å²) in [5, 5.41) is 61.7. The van der Waals surface area contributed by atoms with Crippen LogP contribution in [-0.4, -0.2) is 81.2 Å². The zero-order chi connectivity index (χ0) is 19.7. The molecule has 26 heavy (non-hydrogen) atoms. The maximum atomic E-state index is 11.5. The Morgan fingerprint density at radius 1 is 1.35 bits per heavy atom. The van der Waals surface area contributed by atoms with Crippen LogP contribution in [0.2, 0.25) is 0 Å². The van der Waals surface area contributed by atoms with E-state index in [0.717, 1.165) is 0 Å². The summed E-state index contributed by atoms with van der Waals surface area (Å²) in [6, 6.07) is 0. The van der Waals surface area contributed by atoms with Crippen molar-refractivity contribution in [1.82, 2.24) is 14.8 Å². The number of nitrogens with two attached hydrogens (primary N) is 1. The monoisotopic (exact) mass is 392 g/mol. The van der Waals surface area contributed by atoms with Crippen molar-refractivity contribution in [3.8, 4) is 11.8 Å². The normalized spacial score (nSPS) is 23.7. The van der Waals surface area contributed by atoms with Gasteiger partial charge < -0.3 is 41.1 Å². The highest BCUT2D eigenvalue weighted by Crippen LogP contribution is 2.43. The van der Waals surface area contributed by atoms with Crippen LogP contribution in [0, 0.1) is 11.8 Å². The average Bonchev–Trinajstić information content (AvgIpc) is 3.02. The van der Waals surface area contributed by atoms with Gasteiger partial charge in [0, 0.05) is 12.3 Å². The van der Waals surface area contributed by atoms with Crippen LogP contribution in [0.1, 0.15) is 35.5 Å². The van der Waals surface area contributed by atoms with Gasteiger partial charge in [0.1, 0.15) is 0 Å². The first-order valence-corrected chi connectivity index (χ1v) is 7.79. The molecule has 0 bridgehead atoms. The molecular weight excluding hydrogens is 376 g/mol. The second-order valence-corrected chi connectivity index (χ2v) is 5.82. The van der Waals surface area contributed by atoms with Crippen LogP contribution in [0.25, 0.3) is 0 Å². The van der Waals surface area contributed by atoms with Crippen LogP contribution in [0.5, 0.6) is 0 Å². The molecule has 1 aliphatic heterocycles. The molecule has 8 N–H and O–H groups in total. The number of hydrogen-bond acceptors (Lipinski definition) is 10. The Balaban J connectivity index is 2.44. The van der Waals surface area contributed by atoms with E-state index in [-0.39, 0.29) is 5.82 Å². The first-order valence-electron chi connectivity index (χ1n) is 7.26. The van der Waals surface area contributed by atoms with Crippen LogP contribution >= 0.6 is 11.6 Å². The number of alkyl halides is 1. The van der Waals surface area contributed by atoms with Crippen LogP contribution in [-0.2, 0) is 4.74 Å². The molecule has 1 saturated heterocycles. The molecule has 0 unspecified atom stereocenters. The van der Waals surface area contributed by atoms with E-state index in [4.69, 9.17) is 32.3 Å². The lowest BCUT2D eigenvalue weighted by atomic mass is 10.0. The molecule has 1 aliphatic rings. The average molecular weight is 393 g/mol. The molecule has 2 heterocycles. The molecule has 0 spiro atoms. The Bertz CT molecular complexity index is 738. The number of ether oxygens (including phenoxy) is 1. The molecule has 0 saturated carbocycles. The van der Waals surface area contributed by atoms with Crippen molar-refractivity contribution >= 4 is 17.5 Å². The Morgan fingerprint density at radius 2 is 2.00 bits per heavy atom. The fourth-order valence-corrected chi connectivity index (χ4v) is 2.36. The van der Waals surface area contributed by atoms with E-state index in [1.165, 1.54) is 0 Å². The Labute approximate surface area is 151 Å². The minimum absolute atomic E-state index is 0.234. The summed E-state index contributed by atoms with van der Waals surface area (Å²) in [6.45, 7) is 0. The number of hydrogen-bond donors (Lipinski definition) is 7. The Kier molecular flexibility index (Phi) is 5.85. The van der Waals surface area contributed by atoms with Gasteiger partial charge in [-0.15, -0.1) is 16.7 Å². The number of aliphatic hydroxyl groups is 6. The molecule has 13 heteroatoms. The van der Waals surface area contributed by atoms with Gasteiger partial charge in [-0.05, 0) is 12.3 Å². The van der Waals surface area contributed by atoms with E-state index in [9.17, 15) is 25.2 Å². The maximum Gasteiger partial charge on any atom is 0.286 e. The van der Waals surface area contributed by atoms with E-state index >= 15 is 0 Å². The molecule has 2 atom stereocenters. The minimum Gasteiger partial charge on any atom is -0.366 e. The largest absolute Gasteiger partial charge is 0.366 e. The van der Waals surface area contributed by atoms with Crippen molar-refractivity contribution in [3.63, 3.8) is 0 Å². The second kappa shape index (κ2) is 7.43. The number of halogens is 1. The highest BCUT2D eigenvalue weighted by Gasteiger charge is 2.69. The summed E-state index contributed by atoms with van der Waals surface area (Å²) in [5.41, 5.74) is 5.15. The number of primary amides is 1. The van der Waals surface area contributed by atoms with Crippen molar-refractivity contribution < 1.29 is 40.2 Å². The molecule has 1 fully saturated rings. The zero-order valence-corrected chi connectivity index (χ0v) is 13.9. The third-order valence-corrected chi connectivity index (χ3v) is 3.81. The first-order chi connectivity index (χ1) is 12.0. The van der Waals surface area contributed by atoms with Crippen molar-refractivity contribution in [3.05, 3.63) is 11.6 Å². The van der Waals surface area contributed by atoms with Gasteiger partial charge in [-0.3, -0.25) is 4.79 Å². The van der Waals surface area contributed by atoms with Gasteiger partial charge in [-0.2, -0.15) is 4.98 Å². The predicted octanol–water partition coefficient (Wildman–Crippen LogP) is -3.68. The molecule has 12 nitrogen and oxygen atoms in total. The summed E-state index contributed by atoms with van der Waals surface area (Å²) < 4.78 is 5.34. The van der Waals surface area contributed by atoms with Gasteiger partial charge in [0.15, 0.2) is 12.4 Å². The van der Waals surface area contributed by atoms with Crippen LogP contribution in [0.4, 0.5) is 0 Å². The number of rotatable bonds is 5. The number of unbranched alkanes of at least 4 members (excludes halogenated alkanes) is 1. The van der Waals surface area contributed by atoms with E-state index in [1.54, 1.807) is 0 Å². The standard InChI is InChI=1S/C13H17ClN4O8/c14-5-3-1-2-4-6-16-9(8(15)19)18(17-6)11-13(24,25)12(22,23)7(26-11)10(20)21/h7,10-11,20-25H,1,3,5H2,(H2,15,19)/t7-,11-/m1/s1. The quantitative estimate of drug-likeness (QED) is 0.113. The second-order valence-electron chi connectivity index (χ2n) is 5.44. The number of nitrogens with zero attached hydrogens (tertiary/aromatic N) is 3. The minimum atomic E-state index is -3.51. The number of aliphatic hydroxyl groups excluding tert-OH is 1. The molecule has 0 aromatic carbocycles. The SMILES string of the molecule is NC(=O)c1nc(C#CCCCCl)nn1[C@@H]1O[C@H](C(O)O)C(O)(O)C1(O)O. The zero-order valence-electron chi connectivity index (χ0n) is 13.2. The molecule has 0 radical (unpaired) electrons. The van der Waals surface area contributed by atoms with Gasteiger partial charge in [0.25, 0.3) is 17.5 Å². The first kappa shape index (κ1) is 20.5. The molecule has 1 aromatic rings. The topological polar surface area (TPSA) is 204 Å². The number of aromatic nitrogens is 3. The highest BCUT2D eigenvalue weighted by molar-refractivity contribution is 6.17. The lowest BCUT2D eigenvalue weighted by Crippen LogP contribution is -2.60. The highest BCUT2D eigenvalue weighted by atomic mass is 35.5. The fourth-order valence-electron chi connectivity index (χ4n) is 2.23. The molecule has 144 valence electrons. The van der Waals surface area contributed by atoms with Gasteiger partial charge in [-0.25, -0.2) is 4.68 Å². The lowest BCUT2D eigenvalue weighted by Gasteiger charge is -2.31. The number of carbonyl (C=O) groups is 1. The van der Waals surface area contributed by atoms with Crippen molar-refractivity contribution in [1.29, 1.82) is 0 Å². The van der Waals surface area contributed by atoms with Crippen LogP contribution in [0.15, 0.2) is 0 Å². The van der Waals surface area contributed by atoms with Gasteiger partial charge in [0.05, 0.1) is 0 Å². The predicted molar refractivity (Wildman–Crippen MR) is 81.8 cm³/mol. The maximum absolute atomic E-state index is 11.5. The summed E-state index contributed by atoms with van der Waals surface area (Å²) >= 11 is 5.51. The van der Waals surface area contributed by atoms with Crippen molar-refractivity contribution in [2.45, 2.75) is 43.0 Å². The fraction of sp³-hybridized carbons (Fsp3) is 0.615.